The van der Waals surface area contributed by atoms with Crippen LogP contribution in [0.2, 0.25) is 0 Å². The Morgan fingerprint density at radius 3 is 2.58 bits per heavy atom. The van der Waals surface area contributed by atoms with Crippen LogP contribution in [0.1, 0.15) is 30.9 Å². The third-order valence-corrected chi connectivity index (χ3v) is 4.80. The minimum Gasteiger partial charge on any atom is -0.483 e. The smallest absolute Gasteiger partial charge is 0.266 e. The predicted molar refractivity (Wildman–Crippen MR) is 118 cm³/mol. The van der Waals surface area contributed by atoms with E-state index in [9.17, 15) is 14.0 Å². The molecule has 31 heavy (non-hydrogen) atoms. The van der Waals surface area contributed by atoms with Gasteiger partial charge in [0.05, 0.1) is 12.2 Å². The summed E-state index contributed by atoms with van der Waals surface area (Å²) in [5.74, 6) is 0.368. The first kappa shape index (κ1) is 22.2. The molecule has 0 saturated heterocycles. The molecule has 3 aromatic rings. The summed E-state index contributed by atoms with van der Waals surface area (Å²) in [5, 5.41) is 7.05. The van der Waals surface area contributed by atoms with Crippen molar-refractivity contribution in [2.45, 2.75) is 33.2 Å². The highest BCUT2D eigenvalue weighted by atomic mass is 19.1. The van der Waals surface area contributed by atoms with Gasteiger partial charge in [0.25, 0.3) is 11.5 Å². The van der Waals surface area contributed by atoms with Gasteiger partial charge in [-0.05, 0) is 60.4 Å². The first-order chi connectivity index (χ1) is 14.8. The number of nitrogens with one attached hydrogen (secondary N) is 1. The molecule has 1 amide bonds. The van der Waals surface area contributed by atoms with Crippen molar-refractivity contribution in [3.05, 3.63) is 81.9 Å². The Morgan fingerprint density at radius 2 is 1.87 bits per heavy atom. The van der Waals surface area contributed by atoms with E-state index >= 15 is 0 Å². The van der Waals surface area contributed by atoms with Crippen molar-refractivity contribution in [2.75, 3.05) is 13.2 Å². The number of carbonyl (C=O) groups is 1. The molecule has 0 spiro atoms. The lowest BCUT2D eigenvalue weighted by Gasteiger charge is -2.15. The number of amides is 1. The number of hydrogen-bond donors (Lipinski definition) is 1. The fourth-order valence-electron chi connectivity index (χ4n) is 3.12. The van der Waals surface area contributed by atoms with Crippen molar-refractivity contribution < 1.29 is 13.9 Å². The fraction of sp³-hybridized carbons (Fsp3) is 0.292. The van der Waals surface area contributed by atoms with Gasteiger partial charge in [0, 0.05) is 18.2 Å². The van der Waals surface area contributed by atoms with E-state index in [1.807, 2.05) is 25.1 Å². The van der Waals surface area contributed by atoms with Crippen molar-refractivity contribution in [2.24, 2.45) is 0 Å². The van der Waals surface area contributed by atoms with E-state index in [2.05, 4.69) is 24.3 Å². The topological polar surface area (TPSA) is 73.2 Å². The lowest BCUT2D eigenvalue weighted by atomic mass is 10.0. The normalized spacial score (nSPS) is 10.9. The Labute approximate surface area is 180 Å². The second kappa shape index (κ2) is 10.0. The minimum atomic E-state index is -0.340. The molecule has 0 aliphatic carbocycles. The van der Waals surface area contributed by atoms with Gasteiger partial charge in [-0.15, -0.1) is 0 Å². The lowest BCUT2D eigenvalue weighted by molar-refractivity contribution is -0.123. The second-order valence-corrected chi connectivity index (χ2v) is 7.62. The maximum Gasteiger partial charge on any atom is 0.266 e. The number of benzene rings is 2. The molecule has 0 fully saturated rings. The number of nitrogens with zero attached hydrogens (tertiary/aromatic N) is 2. The molecule has 2 aromatic carbocycles. The highest BCUT2D eigenvalue weighted by molar-refractivity contribution is 5.77. The van der Waals surface area contributed by atoms with E-state index in [0.717, 1.165) is 11.1 Å². The van der Waals surface area contributed by atoms with Crippen LogP contribution < -0.4 is 15.6 Å². The summed E-state index contributed by atoms with van der Waals surface area (Å²) in [5.41, 5.74) is 3.08. The second-order valence-electron chi connectivity index (χ2n) is 7.62. The number of rotatable bonds is 8. The van der Waals surface area contributed by atoms with Gasteiger partial charge in [0.15, 0.2) is 6.61 Å². The first-order valence-electron chi connectivity index (χ1n) is 10.2. The van der Waals surface area contributed by atoms with E-state index in [4.69, 9.17) is 4.74 Å². The number of ether oxygens (including phenoxy) is 1. The van der Waals surface area contributed by atoms with Gasteiger partial charge in [-0.3, -0.25) is 9.59 Å². The summed E-state index contributed by atoms with van der Waals surface area (Å²) in [4.78, 5) is 24.3. The van der Waals surface area contributed by atoms with Crippen LogP contribution >= 0.6 is 0 Å². The highest BCUT2D eigenvalue weighted by Gasteiger charge is 2.10. The van der Waals surface area contributed by atoms with E-state index in [0.29, 0.717) is 17.0 Å². The maximum absolute atomic E-state index is 13.1. The summed E-state index contributed by atoms with van der Waals surface area (Å²) < 4.78 is 20.1. The van der Waals surface area contributed by atoms with E-state index < -0.39 is 0 Å². The third kappa shape index (κ3) is 6.01. The molecule has 0 saturated carbocycles. The van der Waals surface area contributed by atoms with E-state index in [1.165, 1.54) is 22.9 Å². The monoisotopic (exact) mass is 423 g/mol. The third-order valence-electron chi connectivity index (χ3n) is 4.80. The molecule has 0 aliphatic rings. The van der Waals surface area contributed by atoms with Crippen LogP contribution in [0.5, 0.6) is 5.75 Å². The first-order valence-corrected chi connectivity index (χ1v) is 10.2. The van der Waals surface area contributed by atoms with Gasteiger partial charge >= 0.3 is 0 Å². The standard InChI is InChI=1S/C24H26FN3O3/c1-16(2)20-9-4-17(3)14-22(20)31-15-23(29)26-12-13-28-24(30)11-10-21(27-28)18-5-7-19(25)8-6-18/h4-11,14,16H,12-13,15H2,1-3H3,(H,26,29). The van der Waals surface area contributed by atoms with Crippen molar-refractivity contribution in [3.8, 4) is 17.0 Å². The number of hydrogen-bond acceptors (Lipinski definition) is 4. The Balaban J connectivity index is 1.56. The zero-order chi connectivity index (χ0) is 22.4. The van der Waals surface area contributed by atoms with E-state index in [-0.39, 0.29) is 42.9 Å². The Kier molecular flexibility index (Phi) is 7.18. The Morgan fingerprint density at radius 1 is 1.13 bits per heavy atom. The van der Waals surface area contributed by atoms with Gasteiger partial charge in [-0.25, -0.2) is 9.07 Å². The largest absolute Gasteiger partial charge is 0.483 e. The average molecular weight is 423 g/mol. The number of halogens is 1. The maximum atomic E-state index is 13.1. The lowest BCUT2D eigenvalue weighted by Crippen LogP contribution is -2.34. The van der Waals surface area contributed by atoms with E-state index in [1.54, 1.807) is 18.2 Å². The summed E-state index contributed by atoms with van der Waals surface area (Å²) in [7, 11) is 0. The molecule has 1 heterocycles. The van der Waals surface area contributed by atoms with Crippen LogP contribution in [0.25, 0.3) is 11.3 Å². The van der Waals surface area contributed by atoms with Crippen molar-refractivity contribution in [1.29, 1.82) is 0 Å². The molecule has 0 bridgehead atoms. The van der Waals surface area contributed by atoms with Gasteiger partial charge in [0.2, 0.25) is 0 Å². The zero-order valence-electron chi connectivity index (χ0n) is 17.9. The average Bonchev–Trinajstić information content (AvgIpc) is 2.74. The Hall–Kier alpha value is -3.48. The molecule has 0 unspecified atom stereocenters. The van der Waals surface area contributed by atoms with Gasteiger partial charge < -0.3 is 10.1 Å². The summed E-state index contributed by atoms with van der Waals surface area (Å²) in [6.07, 6.45) is 0. The molecular weight excluding hydrogens is 397 g/mol. The molecule has 7 heteroatoms. The quantitative estimate of drug-likeness (QED) is 0.600. The molecule has 162 valence electrons. The highest BCUT2D eigenvalue weighted by Crippen LogP contribution is 2.27. The molecule has 0 aliphatic heterocycles. The Bertz CT molecular complexity index is 1110. The summed E-state index contributed by atoms with van der Waals surface area (Å²) in [6, 6.07) is 14.8. The molecular formula is C24H26FN3O3. The molecule has 0 atom stereocenters. The number of aryl methyl sites for hydroxylation is 1. The minimum absolute atomic E-state index is 0.110. The van der Waals surface area contributed by atoms with Crippen LogP contribution in [0.15, 0.2) is 59.4 Å². The summed E-state index contributed by atoms with van der Waals surface area (Å²) in [6.45, 7) is 6.45. The van der Waals surface area contributed by atoms with Gasteiger partial charge in [-0.1, -0.05) is 26.0 Å². The predicted octanol–water partition coefficient (Wildman–Crippen LogP) is 3.68. The van der Waals surface area contributed by atoms with Crippen LogP contribution in [-0.4, -0.2) is 28.8 Å². The fourth-order valence-corrected chi connectivity index (χ4v) is 3.12. The van der Waals surface area contributed by atoms with Crippen LogP contribution in [0.4, 0.5) is 4.39 Å². The number of aromatic nitrogens is 2. The van der Waals surface area contributed by atoms with Crippen LogP contribution in [0.3, 0.4) is 0 Å². The molecule has 3 rings (SSSR count). The summed E-state index contributed by atoms with van der Waals surface area (Å²) >= 11 is 0. The zero-order valence-corrected chi connectivity index (χ0v) is 17.9. The van der Waals surface area contributed by atoms with Crippen LogP contribution in [-0.2, 0) is 11.3 Å². The van der Waals surface area contributed by atoms with Gasteiger partial charge in [0.1, 0.15) is 11.6 Å². The number of carbonyl (C=O) groups excluding carboxylic acids is 1. The van der Waals surface area contributed by atoms with Crippen molar-refractivity contribution in [1.82, 2.24) is 15.1 Å². The molecule has 1 aromatic heterocycles. The van der Waals surface area contributed by atoms with Crippen molar-refractivity contribution in [3.63, 3.8) is 0 Å². The molecule has 6 nitrogen and oxygen atoms in total. The molecule has 1 N–H and O–H groups in total. The molecule has 0 radical (unpaired) electrons. The SMILES string of the molecule is Cc1ccc(C(C)C)c(OCC(=O)NCCn2nc(-c3ccc(F)cc3)ccc2=O)c1. The van der Waals surface area contributed by atoms with Crippen molar-refractivity contribution >= 4 is 5.91 Å². The van der Waals surface area contributed by atoms with Gasteiger partial charge in [-0.2, -0.15) is 5.10 Å². The van der Waals surface area contributed by atoms with Crippen LogP contribution in [0, 0.1) is 12.7 Å².